The van der Waals surface area contributed by atoms with Crippen molar-refractivity contribution in [2.75, 3.05) is 17.5 Å². The maximum absolute atomic E-state index is 13.7. The van der Waals surface area contributed by atoms with Crippen LogP contribution in [0.15, 0.2) is 59.7 Å². The van der Waals surface area contributed by atoms with Crippen LogP contribution >= 0.6 is 11.6 Å². The van der Waals surface area contributed by atoms with Crippen LogP contribution in [-0.4, -0.2) is 38.1 Å². The molecule has 1 aliphatic heterocycles. The number of carbonyl (C=O) groups excluding carboxylic acids is 1. The van der Waals surface area contributed by atoms with E-state index in [1.165, 1.54) is 6.07 Å². The van der Waals surface area contributed by atoms with Crippen LogP contribution in [0.5, 0.6) is 5.75 Å². The molecule has 35 heavy (non-hydrogen) atoms. The number of carboxylic acids is 1. The molecule has 0 amide bonds. The smallest absolute Gasteiger partial charge is 0.337 e. The summed E-state index contributed by atoms with van der Waals surface area (Å²) in [7, 11) is -3.44. The number of Topliss-reactive ketones (excluding diaryl/α,β-unsaturated/α-hetero) is 1. The molecule has 10 heteroatoms. The van der Waals surface area contributed by atoms with Gasteiger partial charge < -0.3 is 9.94 Å². The maximum Gasteiger partial charge on any atom is 0.337 e. The molecule has 3 N–H and O–H groups in total. The fourth-order valence-electron chi connectivity index (χ4n) is 4.38. The fourth-order valence-corrected chi connectivity index (χ4v) is 5.13. The number of aromatic carboxylic acids is 1. The van der Waals surface area contributed by atoms with Gasteiger partial charge in [-0.1, -0.05) is 41.5 Å². The van der Waals surface area contributed by atoms with E-state index < -0.39 is 21.4 Å². The normalized spacial score (nSPS) is 19.2. The molecule has 8 nitrogen and oxygen atoms in total. The highest BCUT2D eigenvalue weighted by molar-refractivity contribution is 7.92. The second kappa shape index (κ2) is 9.14. The van der Waals surface area contributed by atoms with Gasteiger partial charge in [-0.05, 0) is 44.0 Å². The van der Waals surface area contributed by atoms with Crippen LogP contribution in [0.4, 0.5) is 5.69 Å². The van der Waals surface area contributed by atoms with E-state index in [2.05, 4.69) is 10.2 Å². The van der Waals surface area contributed by atoms with Gasteiger partial charge in [-0.2, -0.15) is 5.48 Å². The number of halogens is 1. The first kappa shape index (κ1) is 25.0. The number of benzene rings is 2. The van der Waals surface area contributed by atoms with Gasteiger partial charge >= 0.3 is 5.97 Å². The van der Waals surface area contributed by atoms with E-state index in [1.807, 2.05) is 19.9 Å². The Morgan fingerprint density at radius 3 is 2.66 bits per heavy atom. The van der Waals surface area contributed by atoms with E-state index >= 15 is 0 Å². The minimum Gasteiger partial charge on any atom is -0.478 e. The Kier molecular flexibility index (Phi) is 6.52. The second-order valence-corrected chi connectivity index (χ2v) is 11.3. The Bertz CT molecular complexity index is 1390. The predicted octanol–water partition coefficient (Wildman–Crippen LogP) is 4.09. The van der Waals surface area contributed by atoms with Gasteiger partial charge in [0.15, 0.2) is 11.5 Å². The van der Waals surface area contributed by atoms with Gasteiger partial charge in [-0.25, -0.2) is 13.2 Å². The van der Waals surface area contributed by atoms with Crippen molar-refractivity contribution in [3.05, 3.63) is 81.4 Å². The summed E-state index contributed by atoms with van der Waals surface area (Å²) in [6.07, 6.45) is 5.20. The Labute approximate surface area is 208 Å². The van der Waals surface area contributed by atoms with Crippen molar-refractivity contribution in [2.24, 2.45) is 5.41 Å². The van der Waals surface area contributed by atoms with E-state index in [0.29, 0.717) is 30.0 Å². The first-order valence-electron chi connectivity index (χ1n) is 10.9. The number of fused-ring (bicyclic) bond motifs is 1. The Balaban J connectivity index is 1.66. The minimum absolute atomic E-state index is 0.0237. The number of hydrogen-bond donors (Lipinski definition) is 3. The molecular weight excluding hydrogens is 492 g/mol. The summed E-state index contributed by atoms with van der Waals surface area (Å²) in [6.45, 7) is 4.09. The highest BCUT2D eigenvalue weighted by Gasteiger charge is 2.40. The highest BCUT2D eigenvalue weighted by Crippen LogP contribution is 2.43. The molecule has 1 atom stereocenters. The van der Waals surface area contributed by atoms with Crippen LogP contribution in [0.25, 0.3) is 0 Å². The molecule has 1 aliphatic carbocycles. The standard InChI is InChI=1S/C25H25ClN2O6S/c1-25(2)15(10-14-4-9-21(26)19(11-14)24(30)31)5-7-18(23(25)29)20-13-27-34-22-12-16(6-8-17(20)22)28-35(3,32)33/h4-9,11-12,20,27-28H,10,13H2,1-3H3,(H,30,31). The average Bonchev–Trinajstić information content (AvgIpc) is 2.77. The maximum atomic E-state index is 13.7. The third kappa shape index (κ3) is 5.12. The van der Waals surface area contributed by atoms with E-state index in [9.17, 15) is 23.1 Å². The number of carboxylic acid groups (broad SMARTS) is 1. The Morgan fingerprint density at radius 2 is 1.97 bits per heavy atom. The summed E-state index contributed by atoms with van der Waals surface area (Å²) in [5.41, 5.74) is 5.41. The number of allylic oxidation sites excluding steroid dienone is 3. The number of rotatable bonds is 6. The lowest BCUT2D eigenvalue weighted by Gasteiger charge is -2.35. The quantitative estimate of drug-likeness (QED) is 0.528. The largest absolute Gasteiger partial charge is 0.478 e. The highest BCUT2D eigenvalue weighted by atomic mass is 35.5. The molecule has 184 valence electrons. The first-order chi connectivity index (χ1) is 16.4. The molecule has 0 radical (unpaired) electrons. The van der Waals surface area contributed by atoms with Crippen molar-refractivity contribution in [2.45, 2.75) is 26.2 Å². The molecule has 0 bridgehead atoms. The second-order valence-electron chi connectivity index (χ2n) is 9.19. The molecule has 0 spiro atoms. The topological polar surface area (TPSA) is 122 Å². The number of hydroxylamine groups is 1. The van der Waals surface area contributed by atoms with Crippen LogP contribution < -0.4 is 15.0 Å². The zero-order chi connectivity index (χ0) is 25.5. The van der Waals surface area contributed by atoms with Gasteiger partial charge in [0.25, 0.3) is 0 Å². The number of sulfonamides is 1. The lowest BCUT2D eigenvalue weighted by molar-refractivity contribution is -0.122. The van der Waals surface area contributed by atoms with Crippen LogP contribution in [0, 0.1) is 5.41 Å². The van der Waals surface area contributed by atoms with Crippen molar-refractivity contribution in [1.29, 1.82) is 0 Å². The van der Waals surface area contributed by atoms with E-state index in [4.69, 9.17) is 16.4 Å². The molecule has 4 rings (SSSR count). The average molecular weight is 517 g/mol. The summed E-state index contributed by atoms with van der Waals surface area (Å²) in [5, 5.41) is 9.52. The van der Waals surface area contributed by atoms with Crippen molar-refractivity contribution >= 4 is 39.1 Å². The van der Waals surface area contributed by atoms with Gasteiger partial charge in [0.2, 0.25) is 10.0 Å². The number of hydrogen-bond acceptors (Lipinski definition) is 6. The van der Waals surface area contributed by atoms with Crippen molar-refractivity contribution in [1.82, 2.24) is 5.48 Å². The van der Waals surface area contributed by atoms with Gasteiger partial charge in [0, 0.05) is 35.1 Å². The summed E-state index contributed by atoms with van der Waals surface area (Å²) in [6, 6.07) is 9.83. The number of nitrogens with one attached hydrogen (secondary N) is 2. The number of anilines is 1. The molecule has 1 unspecified atom stereocenters. The molecule has 1 heterocycles. The Morgan fingerprint density at radius 1 is 1.23 bits per heavy atom. The lowest BCUT2D eigenvalue weighted by atomic mass is 9.69. The van der Waals surface area contributed by atoms with E-state index in [0.717, 1.165) is 23.0 Å². The number of carbonyl (C=O) groups is 2. The predicted molar refractivity (Wildman–Crippen MR) is 133 cm³/mol. The van der Waals surface area contributed by atoms with Crippen LogP contribution in [-0.2, 0) is 21.2 Å². The van der Waals surface area contributed by atoms with Crippen molar-refractivity contribution < 1.29 is 28.0 Å². The molecule has 0 saturated carbocycles. The molecule has 0 saturated heterocycles. The van der Waals surface area contributed by atoms with Gasteiger partial charge in [-0.15, -0.1) is 0 Å². The molecule has 2 aromatic rings. The van der Waals surface area contributed by atoms with Crippen molar-refractivity contribution in [3.8, 4) is 5.75 Å². The van der Waals surface area contributed by atoms with Gasteiger partial charge in [0.1, 0.15) is 0 Å². The van der Waals surface area contributed by atoms with E-state index in [-0.39, 0.29) is 22.3 Å². The summed E-state index contributed by atoms with van der Waals surface area (Å²) in [5.74, 6) is -0.990. The van der Waals surface area contributed by atoms with Crippen LogP contribution in [0.2, 0.25) is 5.02 Å². The summed E-state index contributed by atoms with van der Waals surface area (Å²) < 4.78 is 25.5. The lowest BCUT2D eigenvalue weighted by Crippen LogP contribution is -2.38. The SMILES string of the molecule is CC1(C)C(=O)C(C2CNOc3cc(NS(C)(=O)=O)ccc32)=CC=C1Cc1ccc(Cl)c(C(=O)O)c1. The third-order valence-electron chi connectivity index (χ3n) is 6.29. The molecular formula is C25H25ClN2O6S. The summed E-state index contributed by atoms with van der Waals surface area (Å²) >= 11 is 5.99. The molecule has 0 fully saturated rings. The molecule has 2 aliphatic rings. The minimum atomic E-state index is -3.44. The zero-order valence-electron chi connectivity index (χ0n) is 19.4. The van der Waals surface area contributed by atoms with Crippen LogP contribution in [0.1, 0.15) is 41.3 Å². The zero-order valence-corrected chi connectivity index (χ0v) is 21.0. The molecule has 0 aromatic heterocycles. The van der Waals surface area contributed by atoms with Crippen LogP contribution in [0.3, 0.4) is 0 Å². The summed E-state index contributed by atoms with van der Waals surface area (Å²) in [4.78, 5) is 30.6. The van der Waals surface area contributed by atoms with E-state index in [1.54, 1.807) is 36.4 Å². The number of ketones is 1. The third-order valence-corrected chi connectivity index (χ3v) is 7.23. The molecule has 2 aromatic carbocycles. The van der Waals surface area contributed by atoms with Crippen molar-refractivity contribution in [3.63, 3.8) is 0 Å². The van der Waals surface area contributed by atoms with Gasteiger partial charge in [0.05, 0.1) is 22.5 Å². The fraction of sp³-hybridized carbons (Fsp3) is 0.280. The monoisotopic (exact) mass is 516 g/mol. The van der Waals surface area contributed by atoms with Gasteiger partial charge in [-0.3, -0.25) is 9.52 Å². The first-order valence-corrected chi connectivity index (χ1v) is 13.1. The Hall–Kier alpha value is -3.14.